The monoisotopic (exact) mass is 379 g/mol. The summed E-state index contributed by atoms with van der Waals surface area (Å²) in [5.74, 6) is 0. The first kappa shape index (κ1) is 16.8. The van der Waals surface area contributed by atoms with Crippen LogP contribution in [0.5, 0.6) is 0 Å². The third-order valence-electron chi connectivity index (χ3n) is 3.95. The van der Waals surface area contributed by atoms with Crippen molar-refractivity contribution in [1.29, 1.82) is 0 Å². The predicted molar refractivity (Wildman–Crippen MR) is 112 cm³/mol. The van der Waals surface area contributed by atoms with Crippen LogP contribution < -0.4 is 19.7 Å². The van der Waals surface area contributed by atoms with E-state index in [4.69, 9.17) is 0 Å². The fourth-order valence-electron chi connectivity index (χ4n) is 2.61. The summed E-state index contributed by atoms with van der Waals surface area (Å²) in [6, 6.07) is 16.2. The summed E-state index contributed by atoms with van der Waals surface area (Å²) in [4.78, 5) is 21.8. The minimum Gasteiger partial charge on any atom is -0.378 e. The van der Waals surface area contributed by atoms with Crippen LogP contribution >= 0.6 is 22.7 Å². The molecule has 0 bridgehead atoms. The molecule has 4 rings (SSSR count). The van der Waals surface area contributed by atoms with Gasteiger partial charge in [-0.3, -0.25) is 4.79 Å². The second-order valence-electron chi connectivity index (χ2n) is 6.08. The molecule has 4 nitrogen and oxygen atoms in total. The van der Waals surface area contributed by atoms with Crippen molar-refractivity contribution in [3.63, 3.8) is 0 Å². The molecule has 2 aromatic heterocycles. The van der Waals surface area contributed by atoms with E-state index in [2.05, 4.69) is 16.0 Å². The Morgan fingerprint density at radius 2 is 1.77 bits per heavy atom. The second kappa shape index (κ2) is 6.90. The molecule has 26 heavy (non-hydrogen) atoms. The summed E-state index contributed by atoms with van der Waals surface area (Å²) in [5.41, 5.74) is 3.05. The van der Waals surface area contributed by atoms with Crippen LogP contribution in [-0.4, -0.2) is 24.1 Å². The lowest BCUT2D eigenvalue weighted by atomic mass is 10.2. The van der Waals surface area contributed by atoms with Gasteiger partial charge in [0.05, 0.1) is 19.4 Å². The minimum absolute atomic E-state index is 0.0703. The van der Waals surface area contributed by atoms with Gasteiger partial charge in [-0.05, 0) is 35.9 Å². The Morgan fingerprint density at radius 3 is 2.50 bits per heavy atom. The lowest BCUT2D eigenvalue weighted by molar-refractivity contribution is 1.13. The number of nitrogens with zero attached hydrogens (tertiary/aromatic N) is 2. The van der Waals surface area contributed by atoms with E-state index in [9.17, 15) is 4.79 Å². The lowest BCUT2D eigenvalue weighted by Crippen LogP contribution is -2.19. The molecular weight excluding hydrogens is 362 g/mol. The Balaban J connectivity index is 1.71. The fraction of sp³-hybridized carbons (Fsp3) is 0.100. The second-order valence-corrected chi connectivity index (χ2v) is 8.23. The highest BCUT2D eigenvalue weighted by Gasteiger charge is 2.02. The predicted octanol–water partition coefficient (Wildman–Crippen LogP) is 2.77. The molecule has 0 aliphatic carbocycles. The molecule has 4 aromatic rings. The maximum absolute atomic E-state index is 12.3. The number of anilines is 1. The van der Waals surface area contributed by atoms with Crippen molar-refractivity contribution < 1.29 is 0 Å². The molecule has 2 heterocycles. The molecule has 0 aliphatic heterocycles. The molecular formula is C20H17N3OS2. The largest absolute Gasteiger partial charge is 0.378 e. The van der Waals surface area contributed by atoms with Gasteiger partial charge in [0.2, 0.25) is 0 Å². The summed E-state index contributed by atoms with van der Waals surface area (Å²) in [6.45, 7) is 0. The molecule has 0 unspecified atom stereocenters. The van der Waals surface area contributed by atoms with E-state index >= 15 is 0 Å². The van der Waals surface area contributed by atoms with E-state index in [0.29, 0.717) is 4.53 Å². The zero-order valence-electron chi connectivity index (χ0n) is 14.4. The van der Waals surface area contributed by atoms with Crippen LogP contribution in [0.2, 0.25) is 0 Å². The van der Waals surface area contributed by atoms with Crippen molar-refractivity contribution in [2.75, 3.05) is 19.0 Å². The molecule has 0 fully saturated rings. The molecule has 0 amide bonds. The van der Waals surface area contributed by atoms with Crippen molar-refractivity contribution in [1.82, 2.24) is 9.97 Å². The zero-order valence-corrected chi connectivity index (χ0v) is 16.0. The standard InChI is InChI=1S/C20H17N3OS2/c1-23(2)14-9-7-13(8-10-14)11-17-20(24)22-19(26-17)12-18-21-15-5-3-4-6-16(15)25-18/h3-12H,1-2H3,(H,22,24)/b17-11-,19-12+. The fourth-order valence-corrected chi connectivity index (χ4v) is 4.48. The summed E-state index contributed by atoms with van der Waals surface area (Å²) >= 11 is 3.07. The average molecular weight is 380 g/mol. The van der Waals surface area contributed by atoms with E-state index < -0.39 is 0 Å². The van der Waals surface area contributed by atoms with E-state index in [0.717, 1.165) is 31.1 Å². The van der Waals surface area contributed by atoms with Gasteiger partial charge in [-0.1, -0.05) is 24.3 Å². The number of H-pyrrole nitrogens is 1. The molecule has 0 spiro atoms. The molecule has 0 aliphatic rings. The molecule has 0 saturated heterocycles. The Hall–Kier alpha value is -2.70. The van der Waals surface area contributed by atoms with Gasteiger partial charge in [-0.2, -0.15) is 0 Å². The van der Waals surface area contributed by atoms with Crippen molar-refractivity contribution in [2.24, 2.45) is 0 Å². The molecule has 130 valence electrons. The summed E-state index contributed by atoms with van der Waals surface area (Å²) in [5, 5.41) is 0.894. The van der Waals surface area contributed by atoms with Crippen molar-refractivity contribution in [2.45, 2.75) is 0 Å². The Bertz CT molecular complexity index is 1200. The number of thiazole rings is 2. The van der Waals surface area contributed by atoms with E-state index in [1.54, 1.807) is 11.3 Å². The smallest absolute Gasteiger partial charge is 0.266 e. The van der Waals surface area contributed by atoms with Gasteiger partial charge in [0.1, 0.15) is 5.01 Å². The van der Waals surface area contributed by atoms with Crippen LogP contribution in [0.15, 0.2) is 53.3 Å². The lowest BCUT2D eigenvalue weighted by Gasteiger charge is -2.11. The topological polar surface area (TPSA) is 49.0 Å². The van der Waals surface area contributed by atoms with Crippen LogP contribution in [0.25, 0.3) is 22.4 Å². The number of rotatable bonds is 3. The first-order chi connectivity index (χ1) is 12.6. The van der Waals surface area contributed by atoms with Gasteiger partial charge in [-0.15, -0.1) is 22.7 Å². The number of hydrogen-bond donors (Lipinski definition) is 1. The van der Waals surface area contributed by atoms with Gasteiger partial charge in [0, 0.05) is 25.9 Å². The third-order valence-corrected chi connectivity index (χ3v) is 5.90. The van der Waals surface area contributed by atoms with Crippen molar-refractivity contribution in [3.8, 4) is 0 Å². The van der Waals surface area contributed by atoms with E-state index in [1.807, 2.05) is 73.6 Å². The third kappa shape index (κ3) is 3.47. The number of nitrogens with one attached hydrogen (secondary N) is 1. The molecule has 0 atom stereocenters. The van der Waals surface area contributed by atoms with Crippen LogP contribution in [0.3, 0.4) is 0 Å². The first-order valence-corrected chi connectivity index (χ1v) is 9.77. The maximum Gasteiger partial charge on any atom is 0.266 e. The minimum atomic E-state index is -0.0703. The van der Waals surface area contributed by atoms with Crippen molar-refractivity contribution >= 4 is 50.7 Å². The SMILES string of the molecule is CN(C)c1ccc(/C=c2\s/c(=C/c3nc4ccccc4s3)[nH]c2=O)cc1. The van der Waals surface area contributed by atoms with Gasteiger partial charge < -0.3 is 9.88 Å². The summed E-state index contributed by atoms with van der Waals surface area (Å²) < 4.78 is 2.64. The van der Waals surface area contributed by atoms with Crippen LogP contribution in [0, 0.1) is 0 Å². The molecule has 0 saturated carbocycles. The van der Waals surface area contributed by atoms with E-state index in [-0.39, 0.29) is 5.56 Å². The summed E-state index contributed by atoms with van der Waals surface area (Å²) in [6.07, 6.45) is 3.85. The highest BCUT2D eigenvalue weighted by molar-refractivity contribution is 7.19. The number of para-hydroxylation sites is 1. The first-order valence-electron chi connectivity index (χ1n) is 8.14. The number of fused-ring (bicyclic) bond motifs is 1. The Kier molecular flexibility index (Phi) is 4.44. The normalized spacial score (nSPS) is 12.8. The number of aromatic amines is 1. The summed E-state index contributed by atoms with van der Waals surface area (Å²) in [7, 11) is 4.01. The molecule has 2 aromatic carbocycles. The van der Waals surface area contributed by atoms with Gasteiger partial charge in [0.15, 0.2) is 0 Å². The quantitative estimate of drug-likeness (QED) is 0.595. The number of benzene rings is 2. The molecule has 1 N–H and O–H groups in total. The van der Waals surface area contributed by atoms with Crippen LogP contribution in [0.1, 0.15) is 10.6 Å². The highest BCUT2D eigenvalue weighted by atomic mass is 32.1. The van der Waals surface area contributed by atoms with Crippen molar-refractivity contribution in [3.05, 3.63) is 78.7 Å². The number of aromatic nitrogens is 2. The van der Waals surface area contributed by atoms with Crippen LogP contribution in [0.4, 0.5) is 5.69 Å². The Morgan fingerprint density at radius 1 is 1.00 bits per heavy atom. The highest BCUT2D eigenvalue weighted by Crippen LogP contribution is 2.21. The molecule has 0 radical (unpaired) electrons. The Labute approximate surface area is 158 Å². The van der Waals surface area contributed by atoms with Crippen LogP contribution in [-0.2, 0) is 0 Å². The van der Waals surface area contributed by atoms with Gasteiger partial charge >= 0.3 is 0 Å². The van der Waals surface area contributed by atoms with Gasteiger partial charge in [0.25, 0.3) is 5.56 Å². The average Bonchev–Trinajstić information content (AvgIpc) is 3.18. The van der Waals surface area contributed by atoms with E-state index in [1.165, 1.54) is 11.3 Å². The molecule has 6 heteroatoms. The zero-order chi connectivity index (χ0) is 18.1. The van der Waals surface area contributed by atoms with Gasteiger partial charge in [-0.25, -0.2) is 4.98 Å². The number of hydrogen-bond acceptors (Lipinski definition) is 5. The maximum atomic E-state index is 12.3.